The molecule has 2 heterocycles. The fourth-order valence-corrected chi connectivity index (χ4v) is 5.20. The standard InChI is InChI=1S/C21H20F3N3O4S/c1-12-11-16-15(9-10-25-19(16)26-12)13-5-7-14(8-6-13)32(29,30)27-17-3-2-4-18(17)31-20(28)21(22,23)24/h5-11,17-18,27H,2-4H2,1H3,(H,25,26)/t17-,18+/m0/s1. The molecule has 3 aromatic rings. The number of rotatable bonds is 5. The predicted molar refractivity (Wildman–Crippen MR) is 110 cm³/mol. The molecule has 0 aliphatic heterocycles. The average Bonchev–Trinajstić information content (AvgIpc) is 3.32. The minimum Gasteiger partial charge on any atom is -0.454 e. The summed E-state index contributed by atoms with van der Waals surface area (Å²) in [5, 5.41) is 0.902. The first kappa shape index (κ1) is 22.3. The number of pyridine rings is 1. The number of esters is 1. The Morgan fingerprint density at radius 1 is 1.19 bits per heavy atom. The Kier molecular flexibility index (Phi) is 5.72. The number of aromatic nitrogens is 2. The molecule has 1 aromatic carbocycles. The number of carbonyl (C=O) groups excluding carboxylic acids is 1. The van der Waals surface area contributed by atoms with Gasteiger partial charge in [0.1, 0.15) is 11.8 Å². The van der Waals surface area contributed by atoms with Crippen molar-refractivity contribution in [1.82, 2.24) is 14.7 Å². The summed E-state index contributed by atoms with van der Waals surface area (Å²) in [5.74, 6) is -2.32. The summed E-state index contributed by atoms with van der Waals surface area (Å²) in [7, 11) is -4.03. The van der Waals surface area contributed by atoms with Gasteiger partial charge in [-0.3, -0.25) is 0 Å². The maximum absolute atomic E-state index is 12.8. The molecule has 0 amide bonds. The molecule has 1 saturated carbocycles. The van der Waals surface area contributed by atoms with Crippen LogP contribution in [-0.2, 0) is 19.6 Å². The van der Waals surface area contributed by atoms with Crippen molar-refractivity contribution in [2.24, 2.45) is 0 Å². The Hall–Kier alpha value is -2.92. The van der Waals surface area contributed by atoms with Crippen molar-refractivity contribution >= 4 is 27.0 Å². The van der Waals surface area contributed by atoms with Gasteiger partial charge in [-0.1, -0.05) is 12.1 Å². The SMILES string of the molecule is Cc1cc2c(-c3ccc(S(=O)(=O)N[C@H]4CCC[C@H]4OC(=O)C(F)(F)F)cc3)ccnc2[nH]1. The van der Waals surface area contributed by atoms with E-state index in [1.165, 1.54) is 12.1 Å². The van der Waals surface area contributed by atoms with E-state index in [0.29, 0.717) is 6.42 Å². The molecule has 2 atom stereocenters. The molecular formula is C21H20F3N3O4S. The Bertz CT molecular complexity index is 1250. The Morgan fingerprint density at radius 2 is 1.91 bits per heavy atom. The molecule has 2 aromatic heterocycles. The second-order valence-corrected chi connectivity index (χ2v) is 9.41. The van der Waals surface area contributed by atoms with Crippen LogP contribution in [0.2, 0.25) is 0 Å². The van der Waals surface area contributed by atoms with Crippen molar-refractivity contribution in [2.75, 3.05) is 0 Å². The zero-order valence-corrected chi connectivity index (χ0v) is 17.8. The van der Waals surface area contributed by atoms with E-state index in [0.717, 1.165) is 27.9 Å². The Balaban J connectivity index is 1.52. The maximum atomic E-state index is 12.8. The fraction of sp³-hybridized carbons (Fsp3) is 0.333. The van der Waals surface area contributed by atoms with E-state index in [4.69, 9.17) is 0 Å². The smallest absolute Gasteiger partial charge is 0.454 e. The van der Waals surface area contributed by atoms with Gasteiger partial charge in [0, 0.05) is 17.3 Å². The first-order valence-electron chi connectivity index (χ1n) is 9.89. The molecule has 0 bridgehead atoms. The summed E-state index contributed by atoms with van der Waals surface area (Å²) < 4.78 is 69.9. The predicted octanol–water partition coefficient (Wildman–Crippen LogP) is 3.84. The fourth-order valence-electron chi connectivity index (χ4n) is 3.90. The van der Waals surface area contributed by atoms with Crippen LogP contribution >= 0.6 is 0 Å². The third-order valence-electron chi connectivity index (χ3n) is 5.39. The largest absolute Gasteiger partial charge is 0.490 e. The lowest BCUT2D eigenvalue weighted by molar-refractivity contribution is -0.205. The van der Waals surface area contributed by atoms with Crippen LogP contribution in [0.5, 0.6) is 0 Å². The normalized spacial score (nSPS) is 19.4. The van der Waals surface area contributed by atoms with E-state index >= 15 is 0 Å². The number of nitrogens with zero attached hydrogens (tertiary/aromatic N) is 1. The van der Waals surface area contributed by atoms with Crippen molar-refractivity contribution in [2.45, 2.75) is 49.4 Å². The molecule has 1 aliphatic rings. The molecule has 7 nitrogen and oxygen atoms in total. The quantitative estimate of drug-likeness (QED) is 0.556. The summed E-state index contributed by atoms with van der Waals surface area (Å²) in [6, 6.07) is 9.02. The summed E-state index contributed by atoms with van der Waals surface area (Å²) in [5.41, 5.74) is 3.33. The van der Waals surface area contributed by atoms with Gasteiger partial charge in [-0.25, -0.2) is 22.9 Å². The van der Waals surface area contributed by atoms with Crippen molar-refractivity contribution in [3.63, 3.8) is 0 Å². The molecule has 1 aliphatic carbocycles. The average molecular weight is 467 g/mol. The molecule has 0 spiro atoms. The number of halogens is 3. The van der Waals surface area contributed by atoms with E-state index in [2.05, 4.69) is 19.4 Å². The number of benzene rings is 1. The van der Waals surface area contributed by atoms with Gasteiger partial charge in [0.2, 0.25) is 10.0 Å². The van der Waals surface area contributed by atoms with Crippen molar-refractivity contribution < 1.29 is 31.1 Å². The van der Waals surface area contributed by atoms with E-state index in [9.17, 15) is 26.4 Å². The number of aryl methyl sites for hydroxylation is 1. The number of fused-ring (bicyclic) bond motifs is 1. The van der Waals surface area contributed by atoms with Gasteiger partial charge in [0.25, 0.3) is 0 Å². The molecule has 4 rings (SSSR count). The van der Waals surface area contributed by atoms with Gasteiger partial charge < -0.3 is 9.72 Å². The van der Waals surface area contributed by atoms with Crippen molar-refractivity contribution in [3.05, 3.63) is 48.3 Å². The minimum atomic E-state index is -5.13. The van der Waals surface area contributed by atoms with Gasteiger partial charge in [-0.15, -0.1) is 0 Å². The number of ether oxygens (including phenoxy) is 1. The van der Waals surface area contributed by atoms with Crippen LogP contribution < -0.4 is 4.72 Å². The lowest BCUT2D eigenvalue weighted by Crippen LogP contribution is -2.43. The monoisotopic (exact) mass is 467 g/mol. The first-order valence-corrected chi connectivity index (χ1v) is 11.4. The molecule has 0 unspecified atom stereocenters. The second-order valence-electron chi connectivity index (χ2n) is 7.70. The molecule has 0 radical (unpaired) electrons. The first-order chi connectivity index (χ1) is 15.0. The zero-order valence-electron chi connectivity index (χ0n) is 16.9. The molecule has 11 heteroatoms. The van der Waals surface area contributed by atoms with Crippen LogP contribution in [0.25, 0.3) is 22.2 Å². The van der Waals surface area contributed by atoms with Crippen molar-refractivity contribution in [3.8, 4) is 11.1 Å². The van der Waals surface area contributed by atoms with Gasteiger partial charge in [0.15, 0.2) is 0 Å². The van der Waals surface area contributed by atoms with Crippen LogP contribution in [0, 0.1) is 6.92 Å². The number of alkyl halides is 3. The molecular weight excluding hydrogens is 447 g/mol. The second kappa shape index (κ2) is 8.21. The van der Waals surface area contributed by atoms with E-state index in [-0.39, 0.29) is 17.7 Å². The molecule has 0 saturated heterocycles. The molecule has 170 valence electrons. The number of aromatic amines is 1. The number of H-pyrrole nitrogens is 1. The Morgan fingerprint density at radius 3 is 2.59 bits per heavy atom. The van der Waals surface area contributed by atoms with E-state index < -0.39 is 34.3 Å². The third-order valence-corrected chi connectivity index (χ3v) is 6.90. The van der Waals surface area contributed by atoms with Crippen LogP contribution in [-0.4, -0.2) is 42.7 Å². The number of nitrogens with one attached hydrogen (secondary N) is 2. The summed E-state index contributed by atoms with van der Waals surface area (Å²) >= 11 is 0. The highest BCUT2D eigenvalue weighted by molar-refractivity contribution is 7.89. The van der Waals surface area contributed by atoms with E-state index in [1.807, 2.05) is 19.1 Å². The summed E-state index contributed by atoms with van der Waals surface area (Å²) in [4.78, 5) is 18.5. The highest BCUT2D eigenvalue weighted by Gasteiger charge is 2.44. The molecule has 2 N–H and O–H groups in total. The highest BCUT2D eigenvalue weighted by Crippen LogP contribution is 2.30. The molecule has 1 fully saturated rings. The van der Waals surface area contributed by atoms with E-state index in [1.54, 1.807) is 18.3 Å². The van der Waals surface area contributed by atoms with Gasteiger partial charge in [-0.2, -0.15) is 13.2 Å². The summed E-state index contributed by atoms with van der Waals surface area (Å²) in [6.45, 7) is 1.91. The van der Waals surface area contributed by atoms with Crippen LogP contribution in [0.3, 0.4) is 0 Å². The van der Waals surface area contributed by atoms with Gasteiger partial charge in [-0.05, 0) is 61.6 Å². The van der Waals surface area contributed by atoms with Crippen LogP contribution in [0.15, 0.2) is 47.5 Å². The maximum Gasteiger partial charge on any atom is 0.490 e. The number of hydrogen-bond donors (Lipinski definition) is 2. The minimum absolute atomic E-state index is 0.0374. The van der Waals surface area contributed by atoms with Crippen molar-refractivity contribution in [1.29, 1.82) is 0 Å². The summed E-state index contributed by atoms with van der Waals surface area (Å²) in [6.07, 6.45) is -3.77. The van der Waals surface area contributed by atoms with Gasteiger partial charge >= 0.3 is 12.1 Å². The Labute approximate surface area is 182 Å². The lowest BCUT2D eigenvalue weighted by Gasteiger charge is -2.21. The number of sulfonamides is 1. The number of carbonyl (C=O) groups is 1. The molecule has 32 heavy (non-hydrogen) atoms. The topological polar surface area (TPSA) is 101 Å². The van der Waals surface area contributed by atoms with Gasteiger partial charge in [0.05, 0.1) is 10.9 Å². The lowest BCUT2D eigenvalue weighted by atomic mass is 10.0. The highest BCUT2D eigenvalue weighted by atomic mass is 32.2. The third kappa shape index (κ3) is 4.49. The van der Waals surface area contributed by atoms with Crippen LogP contribution in [0.4, 0.5) is 13.2 Å². The van der Waals surface area contributed by atoms with Crippen LogP contribution in [0.1, 0.15) is 25.0 Å². The number of hydrogen-bond acceptors (Lipinski definition) is 5. The zero-order chi connectivity index (χ0) is 23.1.